The van der Waals surface area contributed by atoms with Crippen LogP contribution in [0, 0.1) is 0 Å². The van der Waals surface area contributed by atoms with E-state index in [1.54, 1.807) is 0 Å². The summed E-state index contributed by atoms with van der Waals surface area (Å²) in [6, 6.07) is 6.83. The van der Waals surface area contributed by atoms with Gasteiger partial charge in [0, 0.05) is 5.02 Å². The Labute approximate surface area is 138 Å². The van der Waals surface area contributed by atoms with Crippen molar-refractivity contribution in [3.8, 4) is 0 Å². The van der Waals surface area contributed by atoms with Crippen LogP contribution in [0.15, 0.2) is 36.4 Å². The predicted octanol–water partition coefficient (Wildman–Crippen LogP) is 5.92. The van der Waals surface area contributed by atoms with E-state index in [1.807, 2.05) is 0 Å². The van der Waals surface area contributed by atoms with Gasteiger partial charge in [0.25, 0.3) is 5.91 Å². The zero-order valence-electron chi connectivity index (χ0n) is 10.6. The fourth-order valence-corrected chi connectivity index (χ4v) is 2.20. The summed E-state index contributed by atoms with van der Waals surface area (Å²) in [5.74, 6) is -0.714. The van der Waals surface area contributed by atoms with Gasteiger partial charge in [-0.2, -0.15) is 13.2 Å². The van der Waals surface area contributed by atoms with E-state index in [4.69, 9.17) is 34.8 Å². The Bertz CT molecular complexity index is 732. The molecule has 0 saturated heterocycles. The Morgan fingerprint density at radius 1 is 0.955 bits per heavy atom. The third-order valence-corrected chi connectivity index (χ3v) is 3.61. The molecule has 0 aliphatic heterocycles. The number of amides is 1. The highest BCUT2D eigenvalue weighted by Gasteiger charge is 2.31. The lowest BCUT2D eigenvalue weighted by atomic mass is 10.1. The maximum atomic E-state index is 12.7. The first kappa shape index (κ1) is 16.9. The van der Waals surface area contributed by atoms with Gasteiger partial charge in [-0.3, -0.25) is 4.79 Å². The van der Waals surface area contributed by atoms with Gasteiger partial charge in [0.1, 0.15) is 0 Å². The van der Waals surface area contributed by atoms with Crippen LogP contribution >= 0.6 is 34.8 Å². The molecule has 2 nitrogen and oxygen atoms in total. The third kappa shape index (κ3) is 3.85. The summed E-state index contributed by atoms with van der Waals surface area (Å²) in [6.07, 6.45) is -4.54. The molecular weight excluding hydrogens is 362 g/mol. The average molecular weight is 369 g/mol. The van der Waals surface area contributed by atoms with E-state index in [9.17, 15) is 18.0 Å². The molecule has 0 fully saturated rings. The molecule has 116 valence electrons. The molecule has 0 atom stereocenters. The van der Waals surface area contributed by atoms with E-state index in [0.29, 0.717) is 0 Å². The largest absolute Gasteiger partial charge is 0.416 e. The lowest BCUT2D eigenvalue weighted by Crippen LogP contribution is -2.14. The van der Waals surface area contributed by atoms with Crippen molar-refractivity contribution in [1.82, 2.24) is 0 Å². The molecule has 0 aromatic heterocycles. The van der Waals surface area contributed by atoms with Crippen molar-refractivity contribution in [2.75, 3.05) is 5.32 Å². The Morgan fingerprint density at radius 2 is 1.59 bits per heavy atom. The number of halogens is 6. The van der Waals surface area contributed by atoms with Crippen LogP contribution in [0.2, 0.25) is 15.1 Å². The van der Waals surface area contributed by atoms with Crippen LogP contribution < -0.4 is 5.32 Å². The molecule has 0 aliphatic rings. The number of hydrogen-bond acceptors (Lipinski definition) is 1. The minimum absolute atomic E-state index is 0.0282. The molecule has 0 spiro atoms. The van der Waals surface area contributed by atoms with Gasteiger partial charge in [-0.05, 0) is 36.4 Å². The van der Waals surface area contributed by atoms with E-state index in [2.05, 4.69) is 5.32 Å². The van der Waals surface area contributed by atoms with Crippen LogP contribution in [0.5, 0.6) is 0 Å². The molecule has 2 aromatic carbocycles. The summed E-state index contributed by atoms with van der Waals surface area (Å²) in [5.41, 5.74) is -1.07. The van der Waals surface area contributed by atoms with Crippen molar-refractivity contribution >= 4 is 46.4 Å². The zero-order chi connectivity index (χ0) is 16.5. The normalized spacial score (nSPS) is 11.4. The van der Waals surface area contributed by atoms with Crippen LogP contribution in [-0.2, 0) is 6.18 Å². The second-order valence-electron chi connectivity index (χ2n) is 4.27. The Balaban J connectivity index is 2.34. The highest BCUT2D eigenvalue weighted by Crippen LogP contribution is 2.34. The number of rotatable bonds is 2. The van der Waals surface area contributed by atoms with E-state index < -0.39 is 17.6 Å². The van der Waals surface area contributed by atoms with Crippen LogP contribution in [0.25, 0.3) is 0 Å². The lowest BCUT2D eigenvalue weighted by Gasteiger charge is -2.12. The minimum atomic E-state index is -4.54. The first-order chi connectivity index (χ1) is 10.2. The quantitative estimate of drug-likeness (QED) is 0.700. The molecule has 0 bridgehead atoms. The number of hydrogen-bond donors (Lipinski definition) is 1. The standard InChI is InChI=1S/C14H7Cl3F3NO/c15-8-2-4-10(16)9(6-8)13(22)21-12-5-7(14(18,19)20)1-3-11(12)17/h1-6H,(H,21,22). The maximum Gasteiger partial charge on any atom is 0.416 e. The van der Waals surface area contributed by atoms with Crippen molar-refractivity contribution in [3.05, 3.63) is 62.6 Å². The Morgan fingerprint density at radius 3 is 2.23 bits per heavy atom. The lowest BCUT2D eigenvalue weighted by molar-refractivity contribution is -0.137. The molecule has 8 heteroatoms. The topological polar surface area (TPSA) is 29.1 Å². The monoisotopic (exact) mass is 367 g/mol. The second-order valence-corrected chi connectivity index (χ2v) is 5.52. The third-order valence-electron chi connectivity index (χ3n) is 2.71. The number of anilines is 1. The highest BCUT2D eigenvalue weighted by atomic mass is 35.5. The maximum absolute atomic E-state index is 12.7. The Hall–Kier alpha value is -1.43. The van der Waals surface area contributed by atoms with Gasteiger partial charge in [0.05, 0.1) is 26.9 Å². The van der Waals surface area contributed by atoms with Crippen molar-refractivity contribution < 1.29 is 18.0 Å². The summed E-state index contributed by atoms with van der Waals surface area (Å²) in [6.45, 7) is 0. The van der Waals surface area contributed by atoms with Crippen LogP contribution in [0.1, 0.15) is 15.9 Å². The van der Waals surface area contributed by atoms with Crippen LogP contribution in [0.3, 0.4) is 0 Å². The number of nitrogens with one attached hydrogen (secondary N) is 1. The van der Waals surface area contributed by atoms with Crippen molar-refractivity contribution in [1.29, 1.82) is 0 Å². The average Bonchev–Trinajstić information content (AvgIpc) is 2.42. The molecule has 0 radical (unpaired) electrons. The number of carbonyl (C=O) groups is 1. The highest BCUT2D eigenvalue weighted by molar-refractivity contribution is 6.37. The first-order valence-corrected chi connectivity index (χ1v) is 6.95. The smallest absolute Gasteiger partial charge is 0.321 e. The van der Waals surface area contributed by atoms with Gasteiger partial charge in [-0.1, -0.05) is 34.8 Å². The Kier molecular flexibility index (Phi) is 4.90. The van der Waals surface area contributed by atoms with E-state index in [1.165, 1.54) is 18.2 Å². The van der Waals surface area contributed by atoms with E-state index in [-0.39, 0.29) is 26.3 Å². The van der Waals surface area contributed by atoms with Crippen molar-refractivity contribution in [2.45, 2.75) is 6.18 Å². The van der Waals surface area contributed by atoms with E-state index in [0.717, 1.165) is 18.2 Å². The molecule has 1 amide bonds. The molecule has 1 N–H and O–H groups in total. The van der Waals surface area contributed by atoms with Gasteiger partial charge in [-0.25, -0.2) is 0 Å². The van der Waals surface area contributed by atoms with Gasteiger partial charge >= 0.3 is 6.18 Å². The molecule has 22 heavy (non-hydrogen) atoms. The SMILES string of the molecule is O=C(Nc1cc(C(F)(F)F)ccc1Cl)c1cc(Cl)ccc1Cl. The predicted molar refractivity (Wildman–Crippen MR) is 80.9 cm³/mol. The summed E-state index contributed by atoms with van der Waals surface area (Å²) >= 11 is 17.4. The summed E-state index contributed by atoms with van der Waals surface area (Å²) in [4.78, 5) is 12.1. The fraction of sp³-hybridized carbons (Fsp3) is 0.0714. The van der Waals surface area contributed by atoms with E-state index >= 15 is 0 Å². The van der Waals surface area contributed by atoms with Gasteiger partial charge in [-0.15, -0.1) is 0 Å². The number of carbonyl (C=O) groups excluding carboxylic acids is 1. The van der Waals surface area contributed by atoms with Crippen LogP contribution in [0.4, 0.5) is 18.9 Å². The molecule has 2 aromatic rings. The first-order valence-electron chi connectivity index (χ1n) is 5.81. The van der Waals surface area contributed by atoms with Gasteiger partial charge in [0.2, 0.25) is 0 Å². The second kappa shape index (κ2) is 6.36. The molecule has 0 saturated carbocycles. The van der Waals surface area contributed by atoms with Crippen LogP contribution in [-0.4, -0.2) is 5.91 Å². The number of alkyl halides is 3. The zero-order valence-corrected chi connectivity index (χ0v) is 12.9. The minimum Gasteiger partial charge on any atom is -0.321 e. The molecule has 2 rings (SSSR count). The molecular formula is C14H7Cl3F3NO. The summed E-state index contributed by atoms with van der Waals surface area (Å²) in [7, 11) is 0. The molecule has 0 aliphatic carbocycles. The summed E-state index contributed by atoms with van der Waals surface area (Å²) < 4.78 is 38.0. The molecule has 0 unspecified atom stereocenters. The van der Waals surface area contributed by atoms with Gasteiger partial charge < -0.3 is 5.32 Å². The molecule has 0 heterocycles. The van der Waals surface area contributed by atoms with Gasteiger partial charge in [0.15, 0.2) is 0 Å². The number of benzene rings is 2. The van der Waals surface area contributed by atoms with Crippen molar-refractivity contribution in [2.24, 2.45) is 0 Å². The van der Waals surface area contributed by atoms with Crippen molar-refractivity contribution in [3.63, 3.8) is 0 Å². The summed E-state index contributed by atoms with van der Waals surface area (Å²) in [5, 5.41) is 2.65. The fourth-order valence-electron chi connectivity index (χ4n) is 1.66.